The summed E-state index contributed by atoms with van der Waals surface area (Å²) in [5, 5.41) is 4.05. The summed E-state index contributed by atoms with van der Waals surface area (Å²) in [7, 11) is 0. The fraction of sp³-hybridized carbons (Fsp3) is 0.136. The minimum Gasteiger partial charge on any atom is -0.457 e. The Hall–Kier alpha value is -3.28. The van der Waals surface area contributed by atoms with E-state index in [1.54, 1.807) is 6.21 Å². The van der Waals surface area contributed by atoms with Crippen molar-refractivity contribution in [1.29, 1.82) is 0 Å². The highest BCUT2D eigenvalue weighted by Gasteiger charge is 2.29. The molecule has 3 rings (SSSR count). The molecule has 0 heterocycles. The van der Waals surface area contributed by atoms with Crippen molar-refractivity contribution in [3.63, 3.8) is 0 Å². The van der Waals surface area contributed by atoms with Gasteiger partial charge in [-0.3, -0.25) is 5.43 Å². The maximum absolute atomic E-state index is 12.5. The van der Waals surface area contributed by atoms with Gasteiger partial charge in [-0.15, -0.1) is 0 Å². The summed E-state index contributed by atoms with van der Waals surface area (Å²) in [6.07, 6.45) is -2.76. The van der Waals surface area contributed by atoms with E-state index in [9.17, 15) is 13.2 Å². The maximum Gasteiger partial charge on any atom is 0.416 e. The van der Waals surface area contributed by atoms with Gasteiger partial charge in [0.2, 0.25) is 0 Å². The molecule has 144 valence electrons. The molecule has 0 fully saturated rings. The first-order valence-corrected chi connectivity index (χ1v) is 8.63. The molecule has 0 unspecified atom stereocenters. The number of nitrogens with one attached hydrogen (secondary N) is 1. The van der Waals surface area contributed by atoms with Crippen LogP contribution in [0.15, 0.2) is 71.8 Å². The van der Waals surface area contributed by atoms with Gasteiger partial charge in [0.05, 0.1) is 17.5 Å². The Morgan fingerprint density at radius 3 is 2.21 bits per heavy atom. The molecular formula is C22H19F3N2O. The third-order valence-corrected chi connectivity index (χ3v) is 4.28. The number of nitrogens with zero attached hydrogens (tertiary/aromatic N) is 1. The van der Waals surface area contributed by atoms with Gasteiger partial charge in [-0.2, -0.15) is 18.3 Å². The predicted octanol–water partition coefficient (Wildman–Crippen LogP) is 6.56. The van der Waals surface area contributed by atoms with E-state index in [0.717, 1.165) is 34.6 Å². The standard InChI is InChI=1S/C22H19F3N2O/c1-15-4-3-5-21(16(15)2)28-20-12-6-17(7-13-20)14-26-27-19-10-8-18(9-11-19)22(23,24)25/h3-14,27H,1-2H3. The summed E-state index contributed by atoms with van der Waals surface area (Å²) in [6, 6.07) is 18.0. The molecule has 0 aliphatic rings. The molecule has 0 amide bonds. The number of hydrogen-bond donors (Lipinski definition) is 1. The van der Waals surface area contributed by atoms with Gasteiger partial charge in [0.1, 0.15) is 11.5 Å². The lowest BCUT2D eigenvalue weighted by Gasteiger charge is -2.10. The average molecular weight is 384 g/mol. The van der Waals surface area contributed by atoms with Crippen LogP contribution in [-0.4, -0.2) is 6.21 Å². The lowest BCUT2D eigenvalue weighted by molar-refractivity contribution is -0.137. The van der Waals surface area contributed by atoms with Crippen LogP contribution in [0.25, 0.3) is 0 Å². The Labute approximate surface area is 161 Å². The molecule has 0 saturated carbocycles. The first kappa shape index (κ1) is 19.5. The van der Waals surface area contributed by atoms with E-state index in [-0.39, 0.29) is 0 Å². The predicted molar refractivity (Wildman–Crippen MR) is 105 cm³/mol. The van der Waals surface area contributed by atoms with Crippen molar-refractivity contribution in [1.82, 2.24) is 0 Å². The number of benzene rings is 3. The van der Waals surface area contributed by atoms with Crippen molar-refractivity contribution in [3.8, 4) is 11.5 Å². The monoisotopic (exact) mass is 384 g/mol. The maximum atomic E-state index is 12.5. The lowest BCUT2D eigenvalue weighted by atomic mass is 10.1. The smallest absolute Gasteiger partial charge is 0.416 e. The Morgan fingerprint density at radius 1 is 0.893 bits per heavy atom. The van der Waals surface area contributed by atoms with Gasteiger partial charge in [0.15, 0.2) is 0 Å². The summed E-state index contributed by atoms with van der Waals surface area (Å²) in [4.78, 5) is 0. The van der Waals surface area contributed by atoms with E-state index in [4.69, 9.17) is 4.74 Å². The fourth-order valence-electron chi connectivity index (χ4n) is 2.50. The second-order valence-electron chi connectivity index (χ2n) is 6.31. The van der Waals surface area contributed by atoms with Gasteiger partial charge in [-0.05, 0) is 85.1 Å². The van der Waals surface area contributed by atoms with Crippen LogP contribution in [0.1, 0.15) is 22.3 Å². The molecule has 0 aliphatic heterocycles. The van der Waals surface area contributed by atoms with Gasteiger partial charge < -0.3 is 4.74 Å². The van der Waals surface area contributed by atoms with Crippen LogP contribution in [0.3, 0.4) is 0 Å². The number of aryl methyl sites for hydroxylation is 1. The zero-order valence-electron chi connectivity index (χ0n) is 15.4. The molecule has 0 atom stereocenters. The summed E-state index contributed by atoms with van der Waals surface area (Å²) < 4.78 is 43.5. The minimum atomic E-state index is -4.34. The highest BCUT2D eigenvalue weighted by atomic mass is 19.4. The van der Waals surface area contributed by atoms with Gasteiger partial charge in [-0.25, -0.2) is 0 Å². The molecular weight excluding hydrogens is 365 g/mol. The van der Waals surface area contributed by atoms with E-state index in [1.165, 1.54) is 12.1 Å². The molecule has 0 radical (unpaired) electrons. The van der Waals surface area contributed by atoms with Crippen LogP contribution < -0.4 is 10.2 Å². The van der Waals surface area contributed by atoms with E-state index >= 15 is 0 Å². The molecule has 1 N–H and O–H groups in total. The second-order valence-corrected chi connectivity index (χ2v) is 6.31. The van der Waals surface area contributed by atoms with E-state index in [0.29, 0.717) is 11.4 Å². The third-order valence-electron chi connectivity index (χ3n) is 4.28. The molecule has 3 nitrogen and oxygen atoms in total. The van der Waals surface area contributed by atoms with Gasteiger partial charge in [0.25, 0.3) is 0 Å². The molecule has 3 aromatic rings. The van der Waals surface area contributed by atoms with Gasteiger partial charge in [0, 0.05) is 0 Å². The summed E-state index contributed by atoms with van der Waals surface area (Å²) in [5.41, 5.74) is 5.57. The number of hydrazone groups is 1. The molecule has 0 bridgehead atoms. The SMILES string of the molecule is Cc1cccc(Oc2ccc(C=NNc3ccc(C(F)(F)F)cc3)cc2)c1C. The van der Waals surface area contributed by atoms with Crippen LogP contribution in [0.5, 0.6) is 11.5 Å². The molecule has 0 aromatic heterocycles. The van der Waals surface area contributed by atoms with E-state index in [2.05, 4.69) is 10.5 Å². The zero-order valence-corrected chi connectivity index (χ0v) is 15.4. The number of hydrogen-bond acceptors (Lipinski definition) is 3. The normalized spacial score (nSPS) is 11.6. The molecule has 0 saturated heterocycles. The minimum absolute atomic E-state index is 0.471. The van der Waals surface area contributed by atoms with Crippen LogP contribution in [0.2, 0.25) is 0 Å². The third kappa shape index (κ3) is 4.91. The average Bonchev–Trinajstić information content (AvgIpc) is 2.66. The Morgan fingerprint density at radius 2 is 1.57 bits per heavy atom. The number of anilines is 1. The van der Waals surface area contributed by atoms with E-state index in [1.807, 2.05) is 56.3 Å². The quantitative estimate of drug-likeness (QED) is 0.399. The van der Waals surface area contributed by atoms with Gasteiger partial charge >= 0.3 is 6.18 Å². The number of alkyl halides is 3. The fourth-order valence-corrected chi connectivity index (χ4v) is 2.50. The molecule has 6 heteroatoms. The number of rotatable bonds is 5. The topological polar surface area (TPSA) is 33.6 Å². The first-order chi connectivity index (χ1) is 13.3. The van der Waals surface area contributed by atoms with Crippen molar-refractivity contribution in [2.24, 2.45) is 5.10 Å². The molecule has 3 aromatic carbocycles. The van der Waals surface area contributed by atoms with Crippen LogP contribution in [0, 0.1) is 13.8 Å². The first-order valence-electron chi connectivity index (χ1n) is 8.63. The molecule has 28 heavy (non-hydrogen) atoms. The largest absolute Gasteiger partial charge is 0.457 e. The Kier molecular flexibility index (Phi) is 5.68. The Balaban J connectivity index is 1.60. The summed E-state index contributed by atoms with van der Waals surface area (Å²) >= 11 is 0. The second kappa shape index (κ2) is 8.17. The summed E-state index contributed by atoms with van der Waals surface area (Å²) in [5.74, 6) is 1.52. The van der Waals surface area contributed by atoms with Crippen LogP contribution in [0.4, 0.5) is 18.9 Å². The highest BCUT2D eigenvalue weighted by Crippen LogP contribution is 2.30. The number of halogens is 3. The summed E-state index contributed by atoms with van der Waals surface area (Å²) in [6.45, 7) is 4.05. The van der Waals surface area contributed by atoms with Crippen molar-refractivity contribution >= 4 is 11.9 Å². The van der Waals surface area contributed by atoms with Gasteiger partial charge in [-0.1, -0.05) is 12.1 Å². The lowest BCUT2D eigenvalue weighted by Crippen LogP contribution is -2.04. The van der Waals surface area contributed by atoms with Crippen molar-refractivity contribution in [3.05, 3.63) is 89.0 Å². The molecule has 0 aliphatic carbocycles. The highest BCUT2D eigenvalue weighted by molar-refractivity contribution is 5.80. The number of ether oxygens (including phenoxy) is 1. The van der Waals surface area contributed by atoms with Crippen molar-refractivity contribution in [2.45, 2.75) is 20.0 Å². The van der Waals surface area contributed by atoms with Crippen LogP contribution in [-0.2, 0) is 6.18 Å². The Bertz CT molecular complexity index is 963. The van der Waals surface area contributed by atoms with Crippen LogP contribution >= 0.6 is 0 Å². The molecule has 0 spiro atoms. The van der Waals surface area contributed by atoms with E-state index < -0.39 is 11.7 Å². The van der Waals surface area contributed by atoms with Crippen molar-refractivity contribution < 1.29 is 17.9 Å². The zero-order chi connectivity index (χ0) is 20.1. The van der Waals surface area contributed by atoms with Crippen molar-refractivity contribution in [2.75, 3.05) is 5.43 Å².